The lowest BCUT2D eigenvalue weighted by Crippen LogP contribution is -2.47. The Labute approximate surface area is 123 Å². The van der Waals surface area contributed by atoms with Crippen LogP contribution in [0.2, 0.25) is 0 Å². The summed E-state index contributed by atoms with van der Waals surface area (Å²) in [5.74, 6) is 0.0280. The van der Waals surface area contributed by atoms with E-state index >= 15 is 0 Å². The van der Waals surface area contributed by atoms with Gasteiger partial charge in [0.05, 0.1) is 6.54 Å². The molecule has 2 aliphatic heterocycles. The van der Waals surface area contributed by atoms with Gasteiger partial charge in [-0.1, -0.05) is 13.0 Å². The lowest BCUT2D eigenvalue weighted by molar-refractivity contribution is -0.120. The molecular formula is C15H20N4O2. The molecule has 1 aromatic carbocycles. The van der Waals surface area contributed by atoms with Gasteiger partial charge in [-0.05, 0) is 25.1 Å². The number of carbonyl (C=O) groups excluding carboxylic acids is 2. The van der Waals surface area contributed by atoms with Crippen LogP contribution in [0.15, 0.2) is 18.2 Å². The second-order valence-corrected chi connectivity index (χ2v) is 5.42. The van der Waals surface area contributed by atoms with Gasteiger partial charge in [0.15, 0.2) is 0 Å². The Morgan fingerprint density at radius 3 is 3.00 bits per heavy atom. The van der Waals surface area contributed by atoms with Crippen molar-refractivity contribution in [3.8, 4) is 0 Å². The minimum atomic E-state index is -0.265. The Bertz CT molecular complexity index is 573. The van der Waals surface area contributed by atoms with Crippen molar-refractivity contribution in [1.29, 1.82) is 0 Å². The van der Waals surface area contributed by atoms with Crippen LogP contribution < -0.4 is 20.9 Å². The third kappa shape index (κ3) is 2.71. The Balaban J connectivity index is 1.81. The molecule has 2 amide bonds. The summed E-state index contributed by atoms with van der Waals surface area (Å²) in [6.07, 6.45) is 0.986. The zero-order valence-corrected chi connectivity index (χ0v) is 12.1. The SMILES string of the molecule is CCCNC1C(=O)Nc2cc(N3CCNC(=O)C3)ccc21. The fourth-order valence-electron chi connectivity index (χ4n) is 2.80. The number of hydrogen-bond acceptors (Lipinski definition) is 4. The van der Waals surface area contributed by atoms with E-state index in [-0.39, 0.29) is 17.9 Å². The quantitative estimate of drug-likeness (QED) is 0.759. The molecule has 6 heteroatoms. The van der Waals surface area contributed by atoms with Gasteiger partial charge in [-0.3, -0.25) is 9.59 Å². The number of hydrogen-bond donors (Lipinski definition) is 3. The molecule has 0 aliphatic carbocycles. The summed E-state index contributed by atoms with van der Waals surface area (Å²) in [6.45, 7) is 4.69. The maximum atomic E-state index is 12.0. The van der Waals surface area contributed by atoms with Crippen molar-refractivity contribution in [3.05, 3.63) is 23.8 Å². The number of anilines is 2. The molecule has 0 spiro atoms. The normalized spacial score (nSPS) is 21.0. The van der Waals surface area contributed by atoms with E-state index in [4.69, 9.17) is 0 Å². The Morgan fingerprint density at radius 1 is 1.38 bits per heavy atom. The molecule has 1 fully saturated rings. The van der Waals surface area contributed by atoms with Gasteiger partial charge in [-0.25, -0.2) is 0 Å². The monoisotopic (exact) mass is 288 g/mol. The predicted molar refractivity (Wildman–Crippen MR) is 81.3 cm³/mol. The number of rotatable bonds is 4. The highest BCUT2D eigenvalue weighted by Gasteiger charge is 2.30. The summed E-state index contributed by atoms with van der Waals surface area (Å²) in [6, 6.07) is 5.65. The Hall–Kier alpha value is -2.08. The van der Waals surface area contributed by atoms with Crippen molar-refractivity contribution in [1.82, 2.24) is 10.6 Å². The van der Waals surface area contributed by atoms with Gasteiger partial charge in [0.1, 0.15) is 6.04 Å². The molecule has 1 aromatic rings. The molecule has 6 nitrogen and oxygen atoms in total. The van der Waals surface area contributed by atoms with Gasteiger partial charge in [-0.2, -0.15) is 0 Å². The number of amides is 2. The molecule has 0 radical (unpaired) electrons. The molecule has 2 aliphatic rings. The highest BCUT2D eigenvalue weighted by molar-refractivity contribution is 6.03. The van der Waals surface area contributed by atoms with Gasteiger partial charge < -0.3 is 20.9 Å². The molecule has 112 valence electrons. The molecule has 2 heterocycles. The predicted octanol–water partition coefficient (Wildman–Crippen LogP) is 0.616. The molecule has 0 saturated carbocycles. The number of fused-ring (bicyclic) bond motifs is 1. The summed E-state index contributed by atoms with van der Waals surface area (Å²) < 4.78 is 0. The highest BCUT2D eigenvalue weighted by Crippen LogP contribution is 2.34. The van der Waals surface area contributed by atoms with Crippen LogP contribution in [0.4, 0.5) is 11.4 Å². The lowest BCUT2D eigenvalue weighted by atomic mass is 10.1. The average Bonchev–Trinajstić information content (AvgIpc) is 2.79. The summed E-state index contributed by atoms with van der Waals surface area (Å²) in [4.78, 5) is 25.5. The molecule has 1 atom stereocenters. The van der Waals surface area contributed by atoms with Gasteiger partial charge >= 0.3 is 0 Å². The number of piperazine rings is 1. The summed E-state index contributed by atoms with van der Waals surface area (Å²) in [7, 11) is 0. The third-order valence-electron chi connectivity index (χ3n) is 3.87. The van der Waals surface area contributed by atoms with Crippen LogP contribution >= 0.6 is 0 Å². The first-order chi connectivity index (χ1) is 10.2. The van der Waals surface area contributed by atoms with Crippen LogP contribution in [0, 0.1) is 0 Å². The summed E-state index contributed by atoms with van der Waals surface area (Å²) >= 11 is 0. The van der Waals surface area contributed by atoms with Crippen LogP contribution in [-0.2, 0) is 9.59 Å². The van der Waals surface area contributed by atoms with E-state index < -0.39 is 0 Å². The molecule has 3 N–H and O–H groups in total. The van der Waals surface area contributed by atoms with E-state index in [0.717, 1.165) is 36.4 Å². The van der Waals surface area contributed by atoms with Crippen molar-refractivity contribution in [2.45, 2.75) is 19.4 Å². The first-order valence-electron chi connectivity index (χ1n) is 7.39. The van der Waals surface area contributed by atoms with E-state index in [2.05, 4.69) is 22.9 Å². The molecule has 1 unspecified atom stereocenters. The minimum Gasteiger partial charge on any atom is -0.360 e. The second kappa shape index (κ2) is 5.73. The average molecular weight is 288 g/mol. The smallest absolute Gasteiger partial charge is 0.246 e. The zero-order valence-electron chi connectivity index (χ0n) is 12.1. The fraction of sp³-hybridized carbons (Fsp3) is 0.467. The van der Waals surface area contributed by atoms with Crippen LogP contribution in [-0.4, -0.2) is 38.0 Å². The highest BCUT2D eigenvalue weighted by atomic mass is 16.2. The molecule has 1 saturated heterocycles. The van der Waals surface area contributed by atoms with Crippen molar-refractivity contribution >= 4 is 23.2 Å². The number of nitrogens with one attached hydrogen (secondary N) is 3. The number of benzene rings is 1. The number of nitrogens with zero attached hydrogens (tertiary/aromatic N) is 1. The van der Waals surface area contributed by atoms with Crippen molar-refractivity contribution < 1.29 is 9.59 Å². The van der Waals surface area contributed by atoms with Crippen LogP contribution in [0.3, 0.4) is 0 Å². The minimum absolute atomic E-state index is 0.00742. The maximum absolute atomic E-state index is 12.0. The summed E-state index contributed by atoms with van der Waals surface area (Å²) in [5.41, 5.74) is 2.80. The molecular weight excluding hydrogens is 268 g/mol. The fourth-order valence-corrected chi connectivity index (χ4v) is 2.80. The second-order valence-electron chi connectivity index (χ2n) is 5.42. The molecule has 21 heavy (non-hydrogen) atoms. The zero-order chi connectivity index (χ0) is 14.8. The Kier molecular flexibility index (Phi) is 3.79. The molecule has 0 bridgehead atoms. The van der Waals surface area contributed by atoms with E-state index in [1.807, 2.05) is 23.1 Å². The van der Waals surface area contributed by atoms with E-state index in [1.54, 1.807) is 0 Å². The van der Waals surface area contributed by atoms with Crippen molar-refractivity contribution in [2.75, 3.05) is 36.4 Å². The van der Waals surface area contributed by atoms with Crippen molar-refractivity contribution in [3.63, 3.8) is 0 Å². The first-order valence-corrected chi connectivity index (χ1v) is 7.39. The van der Waals surface area contributed by atoms with Gasteiger partial charge in [0, 0.05) is 30.0 Å². The van der Waals surface area contributed by atoms with Gasteiger partial charge in [0.25, 0.3) is 0 Å². The largest absolute Gasteiger partial charge is 0.360 e. The first kappa shape index (κ1) is 13.9. The third-order valence-corrected chi connectivity index (χ3v) is 3.87. The van der Waals surface area contributed by atoms with Gasteiger partial charge in [-0.15, -0.1) is 0 Å². The van der Waals surface area contributed by atoms with E-state index in [0.29, 0.717) is 13.1 Å². The lowest BCUT2D eigenvalue weighted by Gasteiger charge is -2.29. The maximum Gasteiger partial charge on any atom is 0.246 e. The Morgan fingerprint density at radius 2 is 2.24 bits per heavy atom. The van der Waals surface area contributed by atoms with Crippen LogP contribution in [0.1, 0.15) is 24.9 Å². The van der Waals surface area contributed by atoms with Crippen LogP contribution in [0.5, 0.6) is 0 Å². The topological polar surface area (TPSA) is 73.5 Å². The molecule has 0 aromatic heterocycles. The van der Waals surface area contributed by atoms with Crippen molar-refractivity contribution in [2.24, 2.45) is 0 Å². The van der Waals surface area contributed by atoms with E-state index in [9.17, 15) is 9.59 Å². The molecule has 3 rings (SSSR count). The number of carbonyl (C=O) groups is 2. The van der Waals surface area contributed by atoms with E-state index in [1.165, 1.54) is 0 Å². The van der Waals surface area contributed by atoms with Crippen LogP contribution in [0.25, 0.3) is 0 Å². The standard InChI is InChI=1S/C15H20N4O2/c1-2-5-17-14-11-4-3-10(8-12(11)18-15(14)21)19-7-6-16-13(20)9-19/h3-4,8,14,17H,2,5-7,9H2,1H3,(H,16,20)(H,18,21). The summed E-state index contributed by atoms with van der Waals surface area (Å²) in [5, 5.41) is 8.98. The van der Waals surface area contributed by atoms with Gasteiger partial charge in [0.2, 0.25) is 11.8 Å².